The number of anilines is 1. The largest absolute Gasteiger partial charge is 0.495 e. The number of halogens is 4. The minimum atomic E-state index is -4.52. The maximum atomic E-state index is 14.3. The van der Waals surface area contributed by atoms with Gasteiger partial charge in [-0.25, -0.2) is 9.07 Å². The fourth-order valence-corrected chi connectivity index (χ4v) is 6.90. The number of hydrogen-bond donors (Lipinski definition) is 1. The molecule has 208 valence electrons. The number of ether oxygens (including phenoxy) is 1. The number of allylic oxidation sites excluding steroid dienone is 3. The van der Waals surface area contributed by atoms with Crippen LogP contribution in [-0.2, 0) is 11.2 Å². The lowest BCUT2D eigenvalue weighted by atomic mass is 9.54. The summed E-state index contributed by atoms with van der Waals surface area (Å²) in [7, 11) is 1.45. The van der Waals surface area contributed by atoms with Crippen molar-refractivity contribution >= 4 is 17.7 Å². The number of nitrogens with zero attached hydrogens (tertiary/aromatic N) is 2. The minimum Gasteiger partial charge on any atom is -0.495 e. The number of carbonyl (C=O) groups is 1. The lowest BCUT2D eigenvalue weighted by Crippen LogP contribution is -2.49. The second-order valence-corrected chi connectivity index (χ2v) is 11.0. The van der Waals surface area contributed by atoms with E-state index >= 15 is 0 Å². The van der Waals surface area contributed by atoms with Crippen LogP contribution in [-0.4, -0.2) is 29.0 Å². The number of fused-ring (bicyclic) bond motifs is 4. The minimum absolute atomic E-state index is 0.246. The second-order valence-electron chi connectivity index (χ2n) is 11.0. The smallest absolute Gasteiger partial charge is 0.392 e. The maximum absolute atomic E-state index is 14.3. The molecule has 1 fully saturated rings. The van der Waals surface area contributed by atoms with E-state index < -0.39 is 35.3 Å². The number of benzene rings is 2. The third-order valence-electron chi connectivity index (χ3n) is 8.83. The molecule has 3 aliphatic carbocycles. The van der Waals surface area contributed by atoms with Crippen molar-refractivity contribution < 1.29 is 27.1 Å². The molecule has 0 unspecified atom stereocenters. The van der Waals surface area contributed by atoms with Crippen molar-refractivity contribution in [1.82, 2.24) is 9.78 Å². The maximum Gasteiger partial charge on any atom is 0.392 e. The number of amides is 1. The fourth-order valence-electron chi connectivity index (χ4n) is 6.90. The average Bonchev–Trinajstić information content (AvgIpc) is 3.33. The molecule has 0 spiro atoms. The van der Waals surface area contributed by atoms with E-state index in [0.717, 1.165) is 28.1 Å². The molecule has 1 amide bonds. The highest BCUT2D eigenvalue weighted by Crippen LogP contribution is 2.59. The van der Waals surface area contributed by atoms with Crippen molar-refractivity contribution in [1.29, 1.82) is 0 Å². The topological polar surface area (TPSA) is 56.1 Å². The van der Waals surface area contributed by atoms with Gasteiger partial charge in [-0.2, -0.15) is 18.3 Å². The van der Waals surface area contributed by atoms with E-state index in [1.165, 1.54) is 19.2 Å². The van der Waals surface area contributed by atoms with E-state index in [-0.39, 0.29) is 12.2 Å². The third kappa shape index (κ3) is 4.32. The summed E-state index contributed by atoms with van der Waals surface area (Å²) in [5.41, 5.74) is 4.43. The summed E-state index contributed by atoms with van der Waals surface area (Å²) < 4.78 is 63.6. The van der Waals surface area contributed by atoms with E-state index in [9.17, 15) is 22.4 Å². The van der Waals surface area contributed by atoms with Crippen LogP contribution >= 0.6 is 0 Å². The first-order valence-corrected chi connectivity index (χ1v) is 13.3. The Morgan fingerprint density at radius 2 is 1.90 bits per heavy atom. The molecule has 3 aliphatic rings. The summed E-state index contributed by atoms with van der Waals surface area (Å²) in [5.74, 6) is -4.16. The van der Waals surface area contributed by atoms with E-state index in [1.54, 1.807) is 53.4 Å². The number of nitrogens with one attached hydrogen (secondary N) is 1. The van der Waals surface area contributed by atoms with Crippen molar-refractivity contribution in [2.75, 3.05) is 12.4 Å². The molecule has 5 nitrogen and oxygen atoms in total. The van der Waals surface area contributed by atoms with Crippen molar-refractivity contribution in [2.24, 2.45) is 23.2 Å². The van der Waals surface area contributed by atoms with E-state index in [4.69, 9.17) is 4.74 Å². The highest BCUT2D eigenvalue weighted by atomic mass is 19.4. The molecule has 0 radical (unpaired) electrons. The monoisotopic (exact) mass is 551 g/mol. The van der Waals surface area contributed by atoms with Gasteiger partial charge in [-0.1, -0.05) is 36.3 Å². The summed E-state index contributed by atoms with van der Waals surface area (Å²) in [4.78, 5) is 13.6. The van der Waals surface area contributed by atoms with Crippen LogP contribution in [0.15, 0.2) is 72.0 Å². The Morgan fingerprint density at radius 3 is 2.62 bits per heavy atom. The number of para-hydroxylation sites is 2. The summed E-state index contributed by atoms with van der Waals surface area (Å²) in [6, 6.07) is 12.8. The third-order valence-corrected chi connectivity index (χ3v) is 8.83. The Labute approximate surface area is 229 Å². The summed E-state index contributed by atoms with van der Waals surface area (Å²) in [5, 5.41) is 7.29. The Hall–Kier alpha value is -3.88. The van der Waals surface area contributed by atoms with Gasteiger partial charge in [0.2, 0.25) is 5.91 Å². The van der Waals surface area contributed by atoms with E-state index in [2.05, 4.69) is 23.4 Å². The number of alkyl halides is 3. The summed E-state index contributed by atoms with van der Waals surface area (Å²) >= 11 is 0. The fraction of sp³-hybridized carbons (Fsp3) is 0.355. The molecule has 2 aromatic carbocycles. The molecule has 1 N–H and O–H groups in total. The van der Waals surface area contributed by atoms with Crippen molar-refractivity contribution in [3.05, 3.63) is 89.0 Å². The lowest BCUT2D eigenvalue weighted by Gasteiger charge is -2.50. The molecular weight excluding hydrogens is 522 g/mol. The Balaban J connectivity index is 1.36. The molecule has 0 aliphatic heterocycles. The number of aromatic nitrogens is 2. The van der Waals surface area contributed by atoms with Crippen molar-refractivity contribution in [2.45, 2.75) is 38.8 Å². The molecular formula is C31H29F4N3O2. The van der Waals surface area contributed by atoms with Gasteiger partial charge in [0.15, 0.2) is 0 Å². The van der Waals surface area contributed by atoms with Crippen molar-refractivity contribution in [3.63, 3.8) is 0 Å². The zero-order valence-corrected chi connectivity index (χ0v) is 22.1. The van der Waals surface area contributed by atoms with Crippen LogP contribution < -0.4 is 10.1 Å². The van der Waals surface area contributed by atoms with Crippen LogP contribution in [0.5, 0.6) is 5.75 Å². The highest BCUT2D eigenvalue weighted by Gasteiger charge is 2.56. The van der Waals surface area contributed by atoms with Crippen molar-refractivity contribution in [3.8, 4) is 11.4 Å². The number of rotatable bonds is 4. The molecule has 9 heteroatoms. The van der Waals surface area contributed by atoms with Crippen LogP contribution in [0.2, 0.25) is 0 Å². The van der Waals surface area contributed by atoms with Crippen LogP contribution in [0.4, 0.5) is 23.2 Å². The average molecular weight is 552 g/mol. The second kappa shape index (κ2) is 9.64. The van der Waals surface area contributed by atoms with Gasteiger partial charge in [0.05, 0.1) is 42.2 Å². The predicted molar refractivity (Wildman–Crippen MR) is 143 cm³/mol. The van der Waals surface area contributed by atoms with Crippen LogP contribution in [0.25, 0.3) is 11.8 Å². The standard InChI is InChI=1S/C31H29F4N3O2/c1-30-16-18-17-36-38(21-10-8-20(32)9-11-21)26(18)15-19(30)7-12-22-23(30)13-14-24(31(33,34)35)28(22)29(39)37-25-5-3-4-6-27(25)40-2/h3-6,8-11,13,15,17,22,24,28H,7,12,14,16H2,1-2H3,(H,37,39)/t22-,24+,28+,30-/m0/s1. The van der Waals surface area contributed by atoms with Crippen LogP contribution in [0.1, 0.15) is 37.4 Å². The quantitative estimate of drug-likeness (QED) is 0.277. The lowest BCUT2D eigenvalue weighted by molar-refractivity contribution is -0.196. The first-order chi connectivity index (χ1) is 19.1. The van der Waals surface area contributed by atoms with E-state index in [0.29, 0.717) is 30.7 Å². The van der Waals surface area contributed by atoms with Gasteiger partial charge < -0.3 is 10.1 Å². The first-order valence-electron chi connectivity index (χ1n) is 13.3. The first kappa shape index (κ1) is 26.3. The molecule has 1 aromatic heterocycles. The van der Waals surface area contributed by atoms with Gasteiger partial charge >= 0.3 is 6.18 Å². The molecule has 1 saturated carbocycles. The van der Waals surface area contributed by atoms with Gasteiger partial charge in [-0.05, 0) is 79.6 Å². The summed E-state index contributed by atoms with van der Waals surface area (Å²) in [6.45, 7) is 2.07. The van der Waals surface area contributed by atoms with Gasteiger partial charge in [0.25, 0.3) is 0 Å². The number of methoxy groups -OCH3 is 1. The molecule has 6 rings (SSSR count). The SMILES string of the molecule is COc1ccccc1NC(=O)[C@H]1[C@H](C(F)(F)F)CC=C2[C@@H]1CCC1=Cc3c(cnn3-c3ccc(F)cc3)C[C@@]12C. The van der Waals surface area contributed by atoms with Crippen LogP contribution in [0.3, 0.4) is 0 Å². The molecule has 1 heterocycles. The Bertz CT molecular complexity index is 1520. The van der Waals surface area contributed by atoms with Gasteiger partial charge in [-0.3, -0.25) is 4.79 Å². The zero-order chi connectivity index (χ0) is 28.2. The molecule has 3 aromatic rings. The predicted octanol–water partition coefficient (Wildman–Crippen LogP) is 7.14. The molecule has 0 bridgehead atoms. The van der Waals surface area contributed by atoms with Gasteiger partial charge in [0, 0.05) is 5.41 Å². The number of carbonyl (C=O) groups excluding carboxylic acids is 1. The Kier molecular flexibility index (Phi) is 6.35. The highest BCUT2D eigenvalue weighted by molar-refractivity contribution is 5.95. The molecule has 0 saturated heterocycles. The van der Waals surface area contributed by atoms with Gasteiger partial charge in [0.1, 0.15) is 11.6 Å². The Morgan fingerprint density at radius 1 is 1.15 bits per heavy atom. The number of hydrogen-bond acceptors (Lipinski definition) is 3. The normalized spacial score (nSPS) is 25.6. The van der Waals surface area contributed by atoms with Crippen LogP contribution in [0, 0.1) is 29.0 Å². The molecule has 40 heavy (non-hydrogen) atoms. The zero-order valence-electron chi connectivity index (χ0n) is 22.1. The van der Waals surface area contributed by atoms with Gasteiger partial charge in [-0.15, -0.1) is 0 Å². The molecule has 4 atom stereocenters. The summed E-state index contributed by atoms with van der Waals surface area (Å²) in [6.07, 6.45) is 2.38. The van der Waals surface area contributed by atoms with E-state index in [1.807, 2.05) is 0 Å².